The van der Waals surface area contributed by atoms with Gasteiger partial charge in [0.1, 0.15) is 0 Å². The summed E-state index contributed by atoms with van der Waals surface area (Å²) >= 11 is 5.83. The molecular weight excluding hydrogens is 320 g/mol. The van der Waals surface area contributed by atoms with Crippen molar-refractivity contribution in [3.63, 3.8) is 0 Å². The van der Waals surface area contributed by atoms with Crippen molar-refractivity contribution in [2.45, 2.75) is 6.42 Å². The Morgan fingerprint density at radius 3 is 2.50 bits per heavy atom. The predicted octanol–water partition coefficient (Wildman–Crippen LogP) is 3.86. The Balaban J connectivity index is 1.44. The van der Waals surface area contributed by atoms with Crippen LogP contribution in [0.15, 0.2) is 60.7 Å². The maximum Gasteiger partial charge on any atom is 0.251 e. The number of benzene rings is 2. The molecule has 1 N–H and O–H groups in total. The molecular formula is C20H21ClN2O. The van der Waals surface area contributed by atoms with Crippen LogP contribution in [0.2, 0.25) is 5.02 Å². The Labute approximate surface area is 147 Å². The van der Waals surface area contributed by atoms with E-state index in [-0.39, 0.29) is 5.91 Å². The molecule has 3 rings (SSSR count). The van der Waals surface area contributed by atoms with Crippen molar-refractivity contribution in [2.24, 2.45) is 0 Å². The average Bonchev–Trinajstić information content (AvgIpc) is 2.63. The second-order valence-corrected chi connectivity index (χ2v) is 6.35. The van der Waals surface area contributed by atoms with Gasteiger partial charge in [-0.1, -0.05) is 48.0 Å². The summed E-state index contributed by atoms with van der Waals surface area (Å²) in [7, 11) is 0. The molecule has 3 nitrogen and oxygen atoms in total. The Morgan fingerprint density at radius 1 is 1.08 bits per heavy atom. The fraction of sp³-hybridized carbons (Fsp3) is 0.250. The number of hydrogen-bond donors (Lipinski definition) is 1. The molecule has 0 saturated carbocycles. The summed E-state index contributed by atoms with van der Waals surface area (Å²) in [6.07, 6.45) is 3.34. The van der Waals surface area contributed by atoms with Crippen molar-refractivity contribution >= 4 is 23.1 Å². The quantitative estimate of drug-likeness (QED) is 0.896. The van der Waals surface area contributed by atoms with Crippen LogP contribution in [-0.2, 0) is 0 Å². The standard InChI is InChI=1S/C20H21ClN2O/c21-19-8-6-18(7-9-19)20(24)22-12-15-23-13-10-17(11-14-23)16-4-2-1-3-5-16/h1-10H,11-15H2,(H,22,24). The van der Waals surface area contributed by atoms with Gasteiger partial charge >= 0.3 is 0 Å². The van der Waals surface area contributed by atoms with Crippen LogP contribution < -0.4 is 5.32 Å². The van der Waals surface area contributed by atoms with E-state index < -0.39 is 0 Å². The van der Waals surface area contributed by atoms with E-state index >= 15 is 0 Å². The van der Waals surface area contributed by atoms with Gasteiger partial charge in [-0.05, 0) is 41.8 Å². The van der Waals surface area contributed by atoms with Crippen molar-refractivity contribution in [2.75, 3.05) is 26.2 Å². The van der Waals surface area contributed by atoms with E-state index in [1.807, 2.05) is 6.07 Å². The molecule has 4 heteroatoms. The SMILES string of the molecule is O=C(NCCN1CC=C(c2ccccc2)CC1)c1ccc(Cl)cc1. The van der Waals surface area contributed by atoms with Crippen molar-refractivity contribution in [3.8, 4) is 0 Å². The van der Waals surface area contributed by atoms with E-state index in [1.165, 1.54) is 11.1 Å². The van der Waals surface area contributed by atoms with E-state index in [2.05, 4.69) is 40.6 Å². The van der Waals surface area contributed by atoms with Gasteiger partial charge in [0, 0.05) is 36.8 Å². The Hall–Kier alpha value is -2.10. The lowest BCUT2D eigenvalue weighted by molar-refractivity contribution is 0.0949. The fourth-order valence-corrected chi connectivity index (χ4v) is 2.99. The lowest BCUT2D eigenvalue weighted by atomic mass is 10.00. The van der Waals surface area contributed by atoms with E-state index in [9.17, 15) is 4.79 Å². The van der Waals surface area contributed by atoms with Crippen LogP contribution >= 0.6 is 11.6 Å². The number of hydrogen-bond acceptors (Lipinski definition) is 2. The van der Waals surface area contributed by atoms with Crippen LogP contribution in [0.25, 0.3) is 5.57 Å². The fourth-order valence-electron chi connectivity index (χ4n) is 2.86. The summed E-state index contributed by atoms with van der Waals surface area (Å²) in [6, 6.07) is 17.5. The van der Waals surface area contributed by atoms with Crippen LogP contribution in [0.5, 0.6) is 0 Å². The minimum Gasteiger partial charge on any atom is -0.351 e. The monoisotopic (exact) mass is 340 g/mol. The van der Waals surface area contributed by atoms with Gasteiger partial charge in [0.2, 0.25) is 0 Å². The van der Waals surface area contributed by atoms with Crippen LogP contribution in [0, 0.1) is 0 Å². The minimum atomic E-state index is -0.0517. The third-order valence-electron chi connectivity index (χ3n) is 4.26. The molecule has 0 bridgehead atoms. The molecule has 124 valence electrons. The summed E-state index contributed by atoms with van der Waals surface area (Å²) in [5.74, 6) is -0.0517. The van der Waals surface area contributed by atoms with Gasteiger partial charge in [0.25, 0.3) is 5.91 Å². The van der Waals surface area contributed by atoms with Gasteiger partial charge in [-0.25, -0.2) is 0 Å². The minimum absolute atomic E-state index is 0.0517. The molecule has 1 aliphatic heterocycles. The number of carbonyl (C=O) groups excluding carboxylic acids is 1. The number of nitrogens with one attached hydrogen (secondary N) is 1. The lowest BCUT2D eigenvalue weighted by Gasteiger charge is -2.26. The highest BCUT2D eigenvalue weighted by molar-refractivity contribution is 6.30. The Kier molecular flexibility index (Phi) is 5.68. The molecule has 0 aliphatic carbocycles. The van der Waals surface area contributed by atoms with E-state index in [4.69, 9.17) is 11.6 Å². The number of nitrogens with zero attached hydrogens (tertiary/aromatic N) is 1. The lowest BCUT2D eigenvalue weighted by Crippen LogP contribution is -2.37. The molecule has 24 heavy (non-hydrogen) atoms. The van der Waals surface area contributed by atoms with Crippen molar-refractivity contribution < 1.29 is 4.79 Å². The second-order valence-electron chi connectivity index (χ2n) is 5.91. The van der Waals surface area contributed by atoms with Gasteiger partial charge in [-0.3, -0.25) is 9.69 Å². The van der Waals surface area contributed by atoms with Gasteiger partial charge in [-0.2, -0.15) is 0 Å². The molecule has 1 heterocycles. The van der Waals surface area contributed by atoms with Crippen LogP contribution in [0.1, 0.15) is 22.3 Å². The first-order chi connectivity index (χ1) is 11.7. The van der Waals surface area contributed by atoms with Crippen molar-refractivity contribution in [1.29, 1.82) is 0 Å². The molecule has 1 aliphatic rings. The highest BCUT2D eigenvalue weighted by Crippen LogP contribution is 2.21. The molecule has 1 amide bonds. The zero-order valence-electron chi connectivity index (χ0n) is 13.5. The molecule has 0 atom stereocenters. The van der Waals surface area contributed by atoms with Gasteiger partial charge < -0.3 is 5.32 Å². The molecule has 0 spiro atoms. The smallest absolute Gasteiger partial charge is 0.251 e. The predicted molar refractivity (Wildman–Crippen MR) is 99.3 cm³/mol. The van der Waals surface area contributed by atoms with Gasteiger partial charge in [0.05, 0.1) is 0 Å². The number of rotatable bonds is 5. The first-order valence-corrected chi connectivity index (χ1v) is 8.61. The molecule has 2 aromatic rings. The molecule has 0 unspecified atom stereocenters. The van der Waals surface area contributed by atoms with E-state index in [0.29, 0.717) is 17.1 Å². The average molecular weight is 341 g/mol. The maximum atomic E-state index is 12.1. The highest BCUT2D eigenvalue weighted by atomic mass is 35.5. The van der Waals surface area contributed by atoms with Crippen LogP contribution in [0.3, 0.4) is 0 Å². The summed E-state index contributed by atoms with van der Waals surface area (Å²) < 4.78 is 0. The largest absolute Gasteiger partial charge is 0.351 e. The third kappa shape index (κ3) is 4.47. The normalized spacial score (nSPS) is 15.0. The van der Waals surface area contributed by atoms with Gasteiger partial charge in [0.15, 0.2) is 0 Å². The molecule has 0 aromatic heterocycles. The second kappa shape index (κ2) is 8.13. The maximum absolute atomic E-state index is 12.1. The van der Waals surface area contributed by atoms with E-state index in [1.54, 1.807) is 24.3 Å². The van der Waals surface area contributed by atoms with E-state index in [0.717, 1.165) is 26.1 Å². The molecule has 2 aromatic carbocycles. The summed E-state index contributed by atoms with van der Waals surface area (Å²) in [6.45, 7) is 3.46. The number of amides is 1. The summed E-state index contributed by atoms with van der Waals surface area (Å²) in [5.41, 5.74) is 3.37. The zero-order chi connectivity index (χ0) is 16.8. The van der Waals surface area contributed by atoms with Crippen LogP contribution in [-0.4, -0.2) is 37.0 Å². The zero-order valence-corrected chi connectivity index (χ0v) is 14.3. The molecule has 0 fully saturated rings. The van der Waals surface area contributed by atoms with Gasteiger partial charge in [-0.15, -0.1) is 0 Å². The number of halogens is 1. The highest BCUT2D eigenvalue weighted by Gasteiger charge is 2.13. The number of carbonyl (C=O) groups is 1. The van der Waals surface area contributed by atoms with Crippen molar-refractivity contribution in [3.05, 3.63) is 76.8 Å². The van der Waals surface area contributed by atoms with Crippen LogP contribution in [0.4, 0.5) is 0 Å². The third-order valence-corrected chi connectivity index (χ3v) is 4.51. The summed E-state index contributed by atoms with van der Waals surface area (Å²) in [5, 5.41) is 3.60. The Bertz CT molecular complexity index is 710. The summed E-state index contributed by atoms with van der Waals surface area (Å²) in [4.78, 5) is 14.4. The first kappa shape index (κ1) is 16.7. The van der Waals surface area contributed by atoms with Crippen molar-refractivity contribution in [1.82, 2.24) is 10.2 Å². The first-order valence-electron chi connectivity index (χ1n) is 8.23. The molecule has 0 radical (unpaired) electrons. The topological polar surface area (TPSA) is 32.3 Å². The Morgan fingerprint density at radius 2 is 1.83 bits per heavy atom. The molecule has 0 saturated heterocycles.